The number of carbonyl (C=O) groups excluding carboxylic acids is 2. The van der Waals surface area contributed by atoms with Crippen molar-refractivity contribution in [2.24, 2.45) is 17.3 Å². The van der Waals surface area contributed by atoms with Crippen LogP contribution in [0.4, 0.5) is 4.39 Å². The quantitative estimate of drug-likeness (QED) is 0.618. The maximum atomic E-state index is 15.1. The molecule has 2 aromatic rings. The molecule has 2 atom stereocenters. The van der Waals surface area contributed by atoms with Gasteiger partial charge in [-0.25, -0.2) is 4.39 Å². The van der Waals surface area contributed by atoms with Crippen molar-refractivity contribution in [1.29, 1.82) is 0 Å². The minimum absolute atomic E-state index is 0.261. The van der Waals surface area contributed by atoms with Crippen LogP contribution in [-0.4, -0.2) is 25.6 Å². The highest BCUT2D eigenvalue weighted by atomic mass is 32.1. The molecule has 0 spiro atoms. The third kappa shape index (κ3) is 3.81. The van der Waals surface area contributed by atoms with Gasteiger partial charge >= 0.3 is 5.97 Å². The summed E-state index contributed by atoms with van der Waals surface area (Å²) in [6.45, 7) is 0.161. The summed E-state index contributed by atoms with van der Waals surface area (Å²) in [6, 6.07) is 8.96. The fraction of sp³-hybridized carbons (Fsp3) is 0.520. The van der Waals surface area contributed by atoms with Crippen LogP contribution in [0.25, 0.3) is 0 Å². The maximum absolute atomic E-state index is 15.1. The van der Waals surface area contributed by atoms with Gasteiger partial charge in [-0.2, -0.15) is 0 Å². The standard InChI is InChI=1S/C25H28FNO4S/c1-30-18-4-5-20(21(26)8-18)24-9-16-7-17(10-24)12-25(11-16,15-24)23(29)31-14-22(28)27-13-19-3-2-6-32-19/h2-6,8,16-17H,7,9-15H2,1H3,(H,27,28). The molecule has 0 aliphatic heterocycles. The number of benzene rings is 1. The van der Waals surface area contributed by atoms with E-state index < -0.39 is 5.41 Å². The van der Waals surface area contributed by atoms with E-state index >= 15 is 4.39 Å². The van der Waals surface area contributed by atoms with Gasteiger partial charge in [0.1, 0.15) is 11.6 Å². The number of ether oxygens (including phenoxy) is 2. The van der Waals surface area contributed by atoms with E-state index in [0.29, 0.717) is 36.1 Å². The molecule has 4 fully saturated rings. The smallest absolute Gasteiger partial charge is 0.312 e. The molecule has 4 aliphatic rings. The van der Waals surface area contributed by atoms with Crippen LogP contribution in [0.1, 0.15) is 49.0 Å². The van der Waals surface area contributed by atoms with E-state index in [1.807, 2.05) is 23.6 Å². The van der Waals surface area contributed by atoms with Crippen molar-refractivity contribution in [2.75, 3.05) is 13.7 Å². The zero-order valence-electron chi connectivity index (χ0n) is 18.2. The molecule has 4 saturated carbocycles. The lowest BCUT2D eigenvalue weighted by Gasteiger charge is -2.61. The van der Waals surface area contributed by atoms with E-state index in [-0.39, 0.29) is 29.7 Å². The summed E-state index contributed by atoms with van der Waals surface area (Å²) in [5.41, 5.74) is -0.274. The Labute approximate surface area is 191 Å². The molecule has 1 N–H and O–H groups in total. The predicted molar refractivity (Wildman–Crippen MR) is 119 cm³/mol. The molecule has 170 valence electrons. The molecule has 5 nitrogen and oxygen atoms in total. The van der Waals surface area contributed by atoms with Crippen LogP contribution >= 0.6 is 11.3 Å². The molecule has 1 amide bonds. The van der Waals surface area contributed by atoms with Crippen LogP contribution in [0, 0.1) is 23.1 Å². The normalized spacial score (nSPS) is 30.2. The van der Waals surface area contributed by atoms with Gasteiger partial charge in [-0.05, 0) is 78.9 Å². The molecule has 2 unspecified atom stereocenters. The summed E-state index contributed by atoms with van der Waals surface area (Å²) >= 11 is 1.57. The summed E-state index contributed by atoms with van der Waals surface area (Å²) in [5.74, 6) is 0.418. The Morgan fingerprint density at radius 3 is 2.62 bits per heavy atom. The molecule has 6 rings (SSSR count). The van der Waals surface area contributed by atoms with Crippen LogP contribution < -0.4 is 10.1 Å². The fourth-order valence-corrected chi connectivity index (χ4v) is 7.45. The molecule has 0 radical (unpaired) electrons. The van der Waals surface area contributed by atoms with Gasteiger partial charge in [-0.1, -0.05) is 12.1 Å². The van der Waals surface area contributed by atoms with Gasteiger partial charge in [0.05, 0.1) is 19.1 Å². The number of amides is 1. The average Bonchev–Trinajstić information content (AvgIpc) is 3.28. The number of esters is 1. The van der Waals surface area contributed by atoms with Crippen LogP contribution in [0.15, 0.2) is 35.7 Å². The molecule has 4 aliphatic carbocycles. The Morgan fingerprint density at radius 2 is 1.97 bits per heavy atom. The molecular weight excluding hydrogens is 429 g/mol. The maximum Gasteiger partial charge on any atom is 0.312 e. The lowest BCUT2D eigenvalue weighted by Crippen LogP contribution is -2.57. The van der Waals surface area contributed by atoms with Crippen molar-refractivity contribution in [3.63, 3.8) is 0 Å². The predicted octanol–water partition coefficient (Wildman–Crippen LogP) is 4.59. The van der Waals surface area contributed by atoms with E-state index in [1.165, 1.54) is 13.2 Å². The Bertz CT molecular complexity index is 1010. The van der Waals surface area contributed by atoms with Crippen molar-refractivity contribution < 1.29 is 23.5 Å². The number of nitrogens with one attached hydrogen (secondary N) is 1. The highest BCUT2D eigenvalue weighted by Gasteiger charge is 2.62. The van der Waals surface area contributed by atoms with E-state index in [0.717, 1.165) is 37.0 Å². The summed E-state index contributed by atoms with van der Waals surface area (Å²) in [5, 5.41) is 4.75. The van der Waals surface area contributed by atoms with Crippen LogP contribution in [0.5, 0.6) is 5.75 Å². The summed E-state index contributed by atoms with van der Waals surface area (Å²) < 4.78 is 25.8. The number of thiophene rings is 1. The second-order valence-corrected chi connectivity index (χ2v) is 10.8. The first-order valence-corrected chi connectivity index (χ1v) is 12.1. The third-order valence-corrected chi connectivity index (χ3v) is 8.49. The first-order valence-electron chi connectivity index (χ1n) is 11.2. The van der Waals surface area contributed by atoms with Crippen molar-refractivity contribution in [3.8, 4) is 5.75 Å². The Morgan fingerprint density at radius 1 is 1.19 bits per heavy atom. The number of carbonyl (C=O) groups is 2. The lowest BCUT2D eigenvalue weighted by atomic mass is 9.43. The fourth-order valence-electron chi connectivity index (χ4n) is 6.80. The monoisotopic (exact) mass is 457 g/mol. The second-order valence-electron chi connectivity index (χ2n) is 9.80. The van der Waals surface area contributed by atoms with Gasteiger partial charge in [-0.15, -0.1) is 11.3 Å². The van der Waals surface area contributed by atoms with E-state index in [2.05, 4.69) is 5.32 Å². The number of hydrogen-bond donors (Lipinski definition) is 1. The Hall–Kier alpha value is -2.41. The largest absolute Gasteiger partial charge is 0.497 e. The van der Waals surface area contributed by atoms with E-state index in [9.17, 15) is 9.59 Å². The minimum atomic E-state index is -0.621. The molecule has 1 aromatic heterocycles. The topological polar surface area (TPSA) is 64.6 Å². The van der Waals surface area contributed by atoms with Crippen molar-refractivity contribution in [3.05, 3.63) is 52.0 Å². The van der Waals surface area contributed by atoms with Gasteiger partial charge in [-0.3, -0.25) is 9.59 Å². The van der Waals surface area contributed by atoms with Gasteiger partial charge in [0.25, 0.3) is 5.91 Å². The number of rotatable bonds is 7. The SMILES string of the molecule is COc1ccc(C23CC4CC(CC(C(=O)OCC(=O)NCc5cccs5)(C4)C2)C3)c(F)c1. The number of methoxy groups -OCH3 is 1. The highest BCUT2D eigenvalue weighted by molar-refractivity contribution is 7.09. The summed E-state index contributed by atoms with van der Waals surface area (Å²) in [6.07, 6.45) is 5.05. The third-order valence-electron chi connectivity index (χ3n) is 7.62. The molecule has 7 heteroatoms. The zero-order chi connectivity index (χ0) is 22.3. The van der Waals surface area contributed by atoms with Crippen LogP contribution in [-0.2, 0) is 26.3 Å². The molecule has 0 saturated heterocycles. The molecule has 32 heavy (non-hydrogen) atoms. The minimum Gasteiger partial charge on any atom is -0.497 e. The second kappa shape index (κ2) is 8.18. The van der Waals surface area contributed by atoms with Gasteiger partial charge in [0.2, 0.25) is 0 Å². The first-order chi connectivity index (χ1) is 15.4. The molecule has 4 bridgehead atoms. The van der Waals surface area contributed by atoms with Gasteiger partial charge in [0, 0.05) is 10.9 Å². The molecular formula is C25H28FNO4S. The van der Waals surface area contributed by atoms with Gasteiger partial charge in [0.15, 0.2) is 6.61 Å². The van der Waals surface area contributed by atoms with Crippen molar-refractivity contribution in [1.82, 2.24) is 5.32 Å². The summed E-state index contributed by atoms with van der Waals surface area (Å²) in [7, 11) is 1.53. The first kappa shape index (κ1) is 21.4. The van der Waals surface area contributed by atoms with Crippen LogP contribution in [0.3, 0.4) is 0 Å². The number of halogens is 1. The van der Waals surface area contributed by atoms with E-state index in [4.69, 9.17) is 9.47 Å². The summed E-state index contributed by atoms with van der Waals surface area (Å²) in [4.78, 5) is 26.5. The van der Waals surface area contributed by atoms with Gasteiger partial charge < -0.3 is 14.8 Å². The highest BCUT2D eigenvalue weighted by Crippen LogP contribution is 2.66. The van der Waals surface area contributed by atoms with Crippen LogP contribution in [0.2, 0.25) is 0 Å². The average molecular weight is 458 g/mol. The molecule has 1 heterocycles. The Kier molecular flexibility index (Phi) is 5.48. The lowest BCUT2D eigenvalue weighted by molar-refractivity contribution is -0.175. The van der Waals surface area contributed by atoms with Crippen molar-refractivity contribution in [2.45, 2.75) is 50.5 Å². The van der Waals surface area contributed by atoms with E-state index in [1.54, 1.807) is 17.4 Å². The Balaban J connectivity index is 1.30. The van der Waals surface area contributed by atoms with Crippen molar-refractivity contribution >= 4 is 23.2 Å². The zero-order valence-corrected chi connectivity index (χ0v) is 19.0. The molecule has 1 aromatic carbocycles. The number of hydrogen-bond acceptors (Lipinski definition) is 5.